The van der Waals surface area contributed by atoms with E-state index in [1.54, 1.807) is 24.3 Å². The smallest absolute Gasteiger partial charge is 0.410 e. The first-order valence-corrected chi connectivity index (χ1v) is 17.0. The van der Waals surface area contributed by atoms with Crippen LogP contribution in [0.3, 0.4) is 0 Å². The van der Waals surface area contributed by atoms with Gasteiger partial charge in [0, 0.05) is 62.0 Å². The summed E-state index contributed by atoms with van der Waals surface area (Å²) >= 11 is 5.52. The van der Waals surface area contributed by atoms with Gasteiger partial charge in [0.15, 0.2) is 0 Å². The third-order valence-electron chi connectivity index (χ3n) is 8.48. The first kappa shape index (κ1) is 35.1. The van der Waals surface area contributed by atoms with E-state index in [-0.39, 0.29) is 25.5 Å². The Morgan fingerprint density at radius 3 is 2.22 bits per heavy atom. The highest BCUT2D eigenvalue weighted by Crippen LogP contribution is 2.29. The normalized spacial score (nSPS) is 13.9. The number of hydrogen-bond donors (Lipinski definition) is 5. The highest BCUT2D eigenvalue weighted by Gasteiger charge is 2.20. The minimum atomic E-state index is -0.950. The number of urea groups is 1. The predicted molar refractivity (Wildman–Crippen MR) is 195 cm³/mol. The van der Waals surface area contributed by atoms with Gasteiger partial charge in [0.25, 0.3) is 0 Å². The van der Waals surface area contributed by atoms with Crippen LogP contribution in [0.5, 0.6) is 5.75 Å². The zero-order chi connectivity index (χ0) is 35.9. The van der Waals surface area contributed by atoms with Gasteiger partial charge >= 0.3 is 12.1 Å². The van der Waals surface area contributed by atoms with Gasteiger partial charge < -0.3 is 40.5 Å². The highest BCUT2D eigenvalue weighted by molar-refractivity contribution is 6.18. The highest BCUT2D eigenvalue weighted by atomic mass is 35.5. The number of anilines is 1. The molecule has 1 aliphatic heterocycles. The number of likely N-dealkylation sites (N-methyl/N-ethyl adjacent to an activating group) is 1. The van der Waals surface area contributed by atoms with Crippen LogP contribution < -0.4 is 25.6 Å². The minimum absolute atomic E-state index is 0.0122. The number of rotatable bonds is 12. The van der Waals surface area contributed by atoms with Crippen molar-refractivity contribution in [3.63, 3.8) is 0 Å². The number of fused-ring (bicyclic) bond motifs is 2. The third-order valence-corrected chi connectivity index (χ3v) is 8.65. The second kappa shape index (κ2) is 15.9. The van der Waals surface area contributed by atoms with Gasteiger partial charge in [-0.25, -0.2) is 19.6 Å². The lowest BCUT2D eigenvalue weighted by Crippen LogP contribution is -2.49. The number of aromatic amines is 2. The molecule has 0 bridgehead atoms. The van der Waals surface area contributed by atoms with E-state index in [1.807, 2.05) is 18.2 Å². The largest absolute Gasteiger partial charge is 0.412 e. The van der Waals surface area contributed by atoms with Gasteiger partial charge in [-0.3, -0.25) is 4.79 Å². The molecule has 1 aliphatic rings. The number of nitrogens with zero attached hydrogens (tertiary/aromatic N) is 6. The quantitative estimate of drug-likeness (QED) is 0.0549. The monoisotopic (exact) mass is 715 g/mol. The lowest BCUT2D eigenvalue weighted by molar-refractivity contribution is -0.122. The number of carbonyl (C=O) groups excluding carboxylic acids is 3. The number of piperazine rings is 1. The van der Waals surface area contributed by atoms with Gasteiger partial charge in [0.2, 0.25) is 5.91 Å². The Kier molecular flexibility index (Phi) is 10.9. The number of benzene rings is 3. The van der Waals surface area contributed by atoms with E-state index < -0.39 is 24.1 Å². The molecule has 1 fully saturated rings. The van der Waals surface area contributed by atoms with Crippen molar-refractivity contribution >= 4 is 57.4 Å². The van der Waals surface area contributed by atoms with Crippen molar-refractivity contribution < 1.29 is 19.1 Å². The van der Waals surface area contributed by atoms with E-state index in [9.17, 15) is 19.3 Å². The molecule has 0 saturated carbocycles. The van der Waals surface area contributed by atoms with Crippen LogP contribution in [0.4, 0.5) is 15.3 Å². The molecular formula is C34H38ClN11O5. The number of amides is 4. The Balaban J connectivity index is 1.000. The van der Waals surface area contributed by atoms with Gasteiger partial charge in [0.1, 0.15) is 23.4 Å². The number of nitroso groups, excluding NO2 is 1. The molecular weight excluding hydrogens is 678 g/mol. The second-order valence-corrected chi connectivity index (χ2v) is 12.5. The fourth-order valence-corrected chi connectivity index (χ4v) is 5.76. The number of nitrogens with one attached hydrogen (secondary N) is 5. The van der Waals surface area contributed by atoms with Crippen molar-refractivity contribution in [1.29, 1.82) is 0 Å². The Bertz CT molecular complexity index is 2020. The molecule has 6 rings (SSSR count). The van der Waals surface area contributed by atoms with E-state index in [1.165, 1.54) is 12.6 Å². The molecule has 16 nitrogen and oxygen atoms in total. The van der Waals surface area contributed by atoms with E-state index in [2.05, 4.69) is 66.3 Å². The molecule has 0 aliphatic carbocycles. The minimum Gasteiger partial charge on any atom is -0.410 e. The number of aromatic nitrogens is 4. The van der Waals surface area contributed by atoms with Gasteiger partial charge in [-0.2, -0.15) is 5.01 Å². The average molecular weight is 716 g/mol. The Labute approximate surface area is 297 Å². The number of alkyl halides is 1. The predicted octanol–water partition coefficient (Wildman–Crippen LogP) is 4.05. The molecule has 1 unspecified atom stereocenters. The van der Waals surface area contributed by atoms with Crippen molar-refractivity contribution in [1.82, 2.24) is 45.8 Å². The summed E-state index contributed by atoms with van der Waals surface area (Å²) in [5.74, 6) is 1.26. The SMILES string of the molecule is CC(NC(=O)N(CCCl)N=O)C(=O)NCCNC(=O)Oc1ccc(-c2nc3ccc(-c4nc5ccc(N6CCN(C)CC6)cc5[nH]4)cc3[nH]2)cc1. The number of ether oxygens (including phenoxy) is 1. The van der Waals surface area contributed by atoms with Crippen LogP contribution in [-0.4, -0.2) is 113 Å². The molecule has 3 heterocycles. The van der Waals surface area contributed by atoms with Crippen LogP contribution in [-0.2, 0) is 4.79 Å². The maximum atomic E-state index is 12.3. The van der Waals surface area contributed by atoms with Crippen molar-refractivity contribution in [3.8, 4) is 28.5 Å². The molecule has 4 amide bonds. The number of hydrogen-bond acceptors (Lipinski definition) is 10. The molecule has 1 saturated heterocycles. The van der Waals surface area contributed by atoms with Gasteiger partial charge in [0.05, 0.1) is 33.9 Å². The first-order valence-electron chi connectivity index (χ1n) is 16.4. The number of H-pyrrole nitrogens is 2. The third kappa shape index (κ3) is 8.53. The Hall–Kier alpha value is -5.74. The molecule has 1 atom stereocenters. The molecule has 51 heavy (non-hydrogen) atoms. The van der Waals surface area contributed by atoms with Crippen LogP contribution in [0, 0.1) is 4.91 Å². The second-order valence-electron chi connectivity index (χ2n) is 12.1. The average Bonchev–Trinajstić information content (AvgIpc) is 3.77. The summed E-state index contributed by atoms with van der Waals surface area (Å²) in [4.78, 5) is 68.4. The molecule has 0 radical (unpaired) electrons. The lowest BCUT2D eigenvalue weighted by Gasteiger charge is -2.34. The topological polar surface area (TPSA) is 193 Å². The van der Waals surface area contributed by atoms with Crippen molar-refractivity contribution in [2.45, 2.75) is 13.0 Å². The summed E-state index contributed by atoms with van der Waals surface area (Å²) in [5, 5.41) is 10.6. The van der Waals surface area contributed by atoms with Crippen LogP contribution in [0.2, 0.25) is 0 Å². The molecule has 17 heteroatoms. The fraction of sp³-hybridized carbons (Fsp3) is 0.324. The van der Waals surface area contributed by atoms with Crippen molar-refractivity contribution in [2.24, 2.45) is 5.29 Å². The van der Waals surface area contributed by atoms with Crippen LogP contribution in [0.25, 0.3) is 44.8 Å². The maximum Gasteiger partial charge on any atom is 0.412 e. The first-order chi connectivity index (χ1) is 24.7. The van der Waals surface area contributed by atoms with Crippen LogP contribution in [0.1, 0.15) is 6.92 Å². The molecule has 266 valence electrons. The van der Waals surface area contributed by atoms with Gasteiger partial charge in [-0.05, 0) is 74.6 Å². The summed E-state index contributed by atoms with van der Waals surface area (Å²) < 4.78 is 5.35. The molecule has 5 aromatic rings. The zero-order valence-corrected chi connectivity index (χ0v) is 28.9. The van der Waals surface area contributed by atoms with E-state index in [0.29, 0.717) is 16.6 Å². The van der Waals surface area contributed by atoms with Crippen LogP contribution in [0.15, 0.2) is 65.9 Å². The number of imidazole rings is 2. The molecule has 2 aromatic heterocycles. The summed E-state index contributed by atoms with van der Waals surface area (Å²) in [6, 6.07) is 17.5. The summed E-state index contributed by atoms with van der Waals surface area (Å²) in [6.45, 7) is 5.59. The van der Waals surface area contributed by atoms with Crippen molar-refractivity contribution in [3.05, 3.63) is 65.6 Å². The van der Waals surface area contributed by atoms with E-state index in [4.69, 9.17) is 26.3 Å². The summed E-state index contributed by atoms with van der Waals surface area (Å²) in [5.41, 5.74) is 6.50. The summed E-state index contributed by atoms with van der Waals surface area (Å²) in [7, 11) is 2.15. The van der Waals surface area contributed by atoms with Gasteiger partial charge in [-0.1, -0.05) is 0 Å². The lowest BCUT2D eigenvalue weighted by atomic mass is 10.2. The molecule has 3 aromatic carbocycles. The van der Waals surface area contributed by atoms with E-state index >= 15 is 0 Å². The van der Waals surface area contributed by atoms with Gasteiger partial charge in [-0.15, -0.1) is 16.5 Å². The summed E-state index contributed by atoms with van der Waals surface area (Å²) in [6.07, 6.45) is -0.704. The fourth-order valence-electron chi connectivity index (χ4n) is 5.60. The van der Waals surface area contributed by atoms with E-state index in [0.717, 1.165) is 65.2 Å². The standard InChI is InChI=1S/C34H38ClN11O5/c1-21(38-33(48)46(43-50)14-11-35)32(47)36-12-13-37-34(49)51-25-7-3-22(4-8-25)30-39-26-9-5-23(19-28(26)41-30)31-40-27-10-6-24(20-29(27)42-31)45-17-15-44(2)16-18-45/h3-10,19-21H,11-18H2,1-2H3,(H,36,47)(H,37,49)(H,38,48)(H,39,41)(H,40,42). The Morgan fingerprint density at radius 2 is 1.53 bits per heavy atom. The van der Waals surface area contributed by atoms with Crippen molar-refractivity contribution in [2.75, 3.05) is 63.6 Å². The van der Waals surface area contributed by atoms with Crippen LogP contribution >= 0.6 is 11.6 Å². The number of halogens is 1. The maximum absolute atomic E-state index is 12.3. The number of carbonyl (C=O) groups is 3. The molecule has 5 N–H and O–H groups in total. The molecule has 0 spiro atoms. The Morgan fingerprint density at radius 1 is 0.902 bits per heavy atom. The zero-order valence-electron chi connectivity index (χ0n) is 28.1.